The Kier molecular flexibility index (Phi) is 3.73. The van der Waals surface area contributed by atoms with Crippen LogP contribution in [0.4, 0.5) is 5.00 Å². The van der Waals surface area contributed by atoms with Crippen molar-refractivity contribution in [2.75, 3.05) is 5.43 Å². The first kappa shape index (κ1) is 12.0. The Morgan fingerprint density at radius 3 is 2.94 bits per heavy atom. The molecule has 0 atom stereocenters. The lowest BCUT2D eigenvalue weighted by molar-refractivity contribution is 0.0697. The van der Waals surface area contributed by atoms with Crippen molar-refractivity contribution in [3.05, 3.63) is 11.3 Å². The smallest absolute Gasteiger partial charge is 0.340 e. The van der Waals surface area contributed by atoms with E-state index in [1.807, 2.05) is 6.21 Å². The van der Waals surface area contributed by atoms with Gasteiger partial charge in [-0.15, -0.1) is 0 Å². The molecule has 2 N–H and O–H groups in total. The third-order valence-electron chi connectivity index (χ3n) is 2.93. The van der Waals surface area contributed by atoms with Gasteiger partial charge in [0.15, 0.2) is 0 Å². The summed E-state index contributed by atoms with van der Waals surface area (Å²) in [5, 5.41) is 13.6. The molecule has 1 fully saturated rings. The number of nitrogens with zero attached hydrogens (tertiary/aromatic N) is 2. The summed E-state index contributed by atoms with van der Waals surface area (Å²) in [6.07, 6.45) is 6.76. The first-order valence-corrected chi connectivity index (χ1v) is 6.44. The minimum absolute atomic E-state index is 0.221. The van der Waals surface area contributed by atoms with E-state index in [4.69, 9.17) is 5.11 Å². The van der Waals surface area contributed by atoms with E-state index in [0.29, 0.717) is 16.6 Å². The van der Waals surface area contributed by atoms with Crippen molar-refractivity contribution in [2.24, 2.45) is 11.0 Å². The van der Waals surface area contributed by atoms with Gasteiger partial charge in [0.2, 0.25) is 0 Å². The normalized spacial score (nSPS) is 16.8. The lowest BCUT2D eigenvalue weighted by Gasteiger charge is -2.01. The highest BCUT2D eigenvalue weighted by Crippen LogP contribution is 2.25. The summed E-state index contributed by atoms with van der Waals surface area (Å²) in [6.45, 7) is 1.69. The van der Waals surface area contributed by atoms with Crippen LogP contribution in [0.2, 0.25) is 0 Å². The number of hydrogen-bond donors (Lipinski definition) is 2. The van der Waals surface area contributed by atoms with Crippen LogP contribution in [0, 0.1) is 12.8 Å². The fraction of sp³-hybridized carbons (Fsp3) is 0.545. The summed E-state index contributed by atoms with van der Waals surface area (Å²) in [4.78, 5) is 11.0. The SMILES string of the molecule is Cc1nsc(NN=CC2CCCC2)c1C(=O)O. The molecule has 1 heterocycles. The standard InChI is InChI=1S/C11H15N3O2S/c1-7-9(11(15)16)10(17-14-7)13-12-6-8-4-2-3-5-8/h6,8,13H,2-5H2,1H3,(H,15,16). The zero-order chi connectivity index (χ0) is 12.3. The second-order valence-electron chi connectivity index (χ2n) is 4.21. The maximum absolute atomic E-state index is 11.0. The average molecular weight is 253 g/mol. The van der Waals surface area contributed by atoms with E-state index < -0.39 is 5.97 Å². The van der Waals surface area contributed by atoms with Crippen LogP contribution in [-0.2, 0) is 0 Å². The largest absolute Gasteiger partial charge is 0.478 e. The van der Waals surface area contributed by atoms with E-state index in [1.54, 1.807) is 6.92 Å². The number of aromatic carboxylic acids is 1. The number of aromatic nitrogens is 1. The summed E-state index contributed by atoms with van der Waals surface area (Å²) in [7, 11) is 0. The number of aryl methyl sites for hydroxylation is 1. The van der Waals surface area contributed by atoms with Crippen molar-refractivity contribution in [3.8, 4) is 0 Å². The van der Waals surface area contributed by atoms with Gasteiger partial charge in [-0.1, -0.05) is 12.8 Å². The molecule has 0 spiro atoms. The Bertz CT molecular complexity index is 436. The van der Waals surface area contributed by atoms with Crippen LogP contribution in [-0.4, -0.2) is 21.7 Å². The molecule has 17 heavy (non-hydrogen) atoms. The van der Waals surface area contributed by atoms with E-state index in [9.17, 15) is 4.79 Å². The topological polar surface area (TPSA) is 74.6 Å². The first-order chi connectivity index (χ1) is 8.18. The molecule has 1 aromatic heterocycles. The van der Waals surface area contributed by atoms with E-state index in [2.05, 4.69) is 14.9 Å². The molecule has 0 unspecified atom stereocenters. The van der Waals surface area contributed by atoms with Gasteiger partial charge in [-0.3, -0.25) is 5.43 Å². The molecule has 1 saturated carbocycles. The van der Waals surface area contributed by atoms with E-state index >= 15 is 0 Å². The fourth-order valence-electron chi connectivity index (χ4n) is 2.01. The Hall–Kier alpha value is -1.43. The van der Waals surface area contributed by atoms with Crippen LogP contribution in [0.1, 0.15) is 41.7 Å². The van der Waals surface area contributed by atoms with E-state index in [1.165, 1.54) is 25.7 Å². The van der Waals surface area contributed by atoms with Gasteiger partial charge in [-0.05, 0) is 37.2 Å². The van der Waals surface area contributed by atoms with Gasteiger partial charge in [0.25, 0.3) is 0 Å². The third kappa shape index (κ3) is 2.82. The van der Waals surface area contributed by atoms with Gasteiger partial charge in [-0.25, -0.2) is 4.79 Å². The molecule has 0 radical (unpaired) electrons. The highest BCUT2D eigenvalue weighted by atomic mass is 32.1. The molecular weight excluding hydrogens is 238 g/mol. The van der Waals surface area contributed by atoms with Gasteiger partial charge >= 0.3 is 5.97 Å². The molecular formula is C11H15N3O2S. The Morgan fingerprint density at radius 2 is 2.29 bits per heavy atom. The van der Waals surface area contributed by atoms with Crippen molar-refractivity contribution in [1.82, 2.24) is 4.37 Å². The van der Waals surface area contributed by atoms with Crippen molar-refractivity contribution in [2.45, 2.75) is 32.6 Å². The monoisotopic (exact) mass is 253 g/mol. The van der Waals surface area contributed by atoms with Gasteiger partial charge in [-0.2, -0.15) is 9.47 Å². The summed E-state index contributed by atoms with van der Waals surface area (Å²) in [5.74, 6) is -0.431. The molecule has 1 aromatic rings. The summed E-state index contributed by atoms with van der Waals surface area (Å²) >= 11 is 1.13. The van der Waals surface area contributed by atoms with Crippen LogP contribution < -0.4 is 5.43 Å². The predicted molar refractivity (Wildman–Crippen MR) is 67.9 cm³/mol. The van der Waals surface area contributed by atoms with Gasteiger partial charge < -0.3 is 5.11 Å². The number of nitrogens with one attached hydrogen (secondary N) is 1. The van der Waals surface area contributed by atoms with Crippen LogP contribution in [0.5, 0.6) is 0 Å². The maximum Gasteiger partial charge on any atom is 0.340 e. The summed E-state index contributed by atoms with van der Waals surface area (Å²) in [5.41, 5.74) is 3.54. The number of hydrazone groups is 1. The number of anilines is 1. The number of rotatable bonds is 4. The predicted octanol–water partition coefficient (Wildman–Crippen LogP) is 2.74. The molecule has 0 bridgehead atoms. The summed E-state index contributed by atoms with van der Waals surface area (Å²) < 4.78 is 4.01. The molecule has 1 aliphatic rings. The minimum Gasteiger partial charge on any atom is -0.478 e. The second-order valence-corrected chi connectivity index (χ2v) is 4.99. The molecule has 6 heteroatoms. The Labute approximate surface area is 104 Å². The molecule has 2 rings (SSSR count). The van der Waals surface area contributed by atoms with Crippen molar-refractivity contribution >= 4 is 28.7 Å². The second kappa shape index (κ2) is 5.27. The zero-order valence-corrected chi connectivity index (χ0v) is 10.5. The van der Waals surface area contributed by atoms with E-state index in [-0.39, 0.29) is 5.56 Å². The highest BCUT2D eigenvalue weighted by Gasteiger charge is 2.17. The van der Waals surface area contributed by atoms with Gasteiger partial charge in [0, 0.05) is 6.21 Å². The van der Waals surface area contributed by atoms with Gasteiger partial charge in [0.05, 0.1) is 5.69 Å². The summed E-state index contributed by atoms with van der Waals surface area (Å²) in [6, 6.07) is 0. The zero-order valence-electron chi connectivity index (χ0n) is 9.64. The van der Waals surface area contributed by atoms with Crippen LogP contribution in [0.3, 0.4) is 0 Å². The molecule has 0 amide bonds. The lowest BCUT2D eigenvalue weighted by Crippen LogP contribution is -2.02. The fourth-order valence-corrected chi connectivity index (χ4v) is 2.74. The lowest BCUT2D eigenvalue weighted by atomic mass is 10.1. The molecule has 1 aliphatic carbocycles. The maximum atomic E-state index is 11.0. The minimum atomic E-state index is -0.963. The van der Waals surface area contributed by atoms with Gasteiger partial charge in [0.1, 0.15) is 10.6 Å². The number of carbonyl (C=O) groups is 1. The quantitative estimate of drug-likeness (QED) is 0.639. The Morgan fingerprint density at radius 1 is 1.59 bits per heavy atom. The number of hydrogen-bond acceptors (Lipinski definition) is 5. The van der Waals surface area contributed by atoms with E-state index in [0.717, 1.165) is 11.5 Å². The Balaban J connectivity index is 2.01. The number of carboxylic acids is 1. The van der Waals surface area contributed by atoms with Crippen LogP contribution >= 0.6 is 11.5 Å². The van der Waals surface area contributed by atoms with Crippen molar-refractivity contribution < 1.29 is 9.90 Å². The first-order valence-electron chi connectivity index (χ1n) is 5.67. The van der Waals surface area contributed by atoms with Crippen molar-refractivity contribution in [3.63, 3.8) is 0 Å². The molecule has 5 nitrogen and oxygen atoms in total. The molecule has 0 aromatic carbocycles. The van der Waals surface area contributed by atoms with Crippen LogP contribution in [0.15, 0.2) is 5.10 Å². The third-order valence-corrected chi connectivity index (χ3v) is 3.77. The highest BCUT2D eigenvalue weighted by molar-refractivity contribution is 7.10. The average Bonchev–Trinajstić information content (AvgIpc) is 2.88. The molecule has 0 aliphatic heterocycles. The van der Waals surface area contributed by atoms with Crippen LogP contribution in [0.25, 0.3) is 0 Å². The number of carboxylic acid groups (broad SMARTS) is 1. The van der Waals surface area contributed by atoms with Crippen molar-refractivity contribution in [1.29, 1.82) is 0 Å². The molecule has 0 saturated heterocycles. The molecule has 92 valence electrons.